The van der Waals surface area contributed by atoms with Gasteiger partial charge in [0.1, 0.15) is 6.17 Å². The Labute approximate surface area is 262 Å². The maximum Gasteiger partial charge on any atom is 0.245 e. The van der Waals surface area contributed by atoms with E-state index in [1.165, 1.54) is 6.08 Å². The largest absolute Gasteiger partial charge is 0.393 e. The van der Waals surface area contributed by atoms with Crippen LogP contribution in [0.15, 0.2) is 17.3 Å². The molecule has 0 aliphatic heterocycles. The minimum atomic E-state index is -0.679. The highest BCUT2D eigenvalue weighted by Gasteiger charge is 2.65. The minimum Gasteiger partial charge on any atom is -0.393 e. The van der Waals surface area contributed by atoms with Crippen molar-refractivity contribution in [2.45, 2.75) is 122 Å². The van der Waals surface area contributed by atoms with Crippen LogP contribution in [-0.4, -0.2) is 58.2 Å². The predicted molar refractivity (Wildman–Crippen MR) is 168 cm³/mol. The van der Waals surface area contributed by atoms with Gasteiger partial charge in [0.2, 0.25) is 11.8 Å². The first-order valence-corrected chi connectivity index (χ1v) is 16.7. The van der Waals surface area contributed by atoms with Gasteiger partial charge in [0.25, 0.3) is 0 Å². The minimum absolute atomic E-state index is 0.0651. The molecule has 4 aliphatic carbocycles. The number of nitrogens with one attached hydrogen (secondary N) is 2. The molecular weight excluding hydrogens is 558 g/mol. The van der Waals surface area contributed by atoms with Crippen LogP contribution in [0.1, 0.15) is 97.8 Å². The van der Waals surface area contributed by atoms with E-state index in [4.69, 9.17) is 12.0 Å². The Balaban J connectivity index is 1.31. The van der Waals surface area contributed by atoms with Gasteiger partial charge in [-0.25, -0.2) is 0 Å². The molecule has 0 aromatic rings. The van der Waals surface area contributed by atoms with Gasteiger partial charge >= 0.3 is 0 Å². The second-order valence-electron chi connectivity index (χ2n) is 14.6. The van der Waals surface area contributed by atoms with Crippen molar-refractivity contribution >= 4 is 11.8 Å². The number of carbonyl (C=O) groups is 2. The van der Waals surface area contributed by atoms with E-state index in [0.717, 1.165) is 51.4 Å². The third kappa shape index (κ3) is 7.12. The Hall–Kier alpha value is -2.57. The average Bonchev–Trinajstić information content (AvgIpc) is 3.33. The van der Waals surface area contributed by atoms with Gasteiger partial charge < -0.3 is 26.0 Å². The third-order valence-corrected chi connectivity index (χ3v) is 12.3. The van der Waals surface area contributed by atoms with Gasteiger partial charge in [-0.3, -0.25) is 9.59 Å². The van der Waals surface area contributed by atoms with Gasteiger partial charge in [-0.2, -0.15) is 0 Å². The lowest BCUT2D eigenvalue weighted by Crippen LogP contribution is -2.62. The summed E-state index contributed by atoms with van der Waals surface area (Å²) in [6.07, 6.45) is 15.4. The lowest BCUT2D eigenvalue weighted by molar-refractivity contribution is -0.207. The standard InChI is InChI=1S/C34H53N5O5/c1-5-9-29(38-31(44)12-8-17-36-39-35)37-30(43)11-7-6-10-21(2)24-13-14-25-32-26(20-28(42)34(24,25)4)33(3)16-15-23(40)18-22(33)19-27(32)41/h1,7,11,21-29,32,40-42H,6,8-10,12-20H2,2-4H3,(H,37,43)(H,38,44)/t21-,22+,23-,24-,25+,26+,27-,28+,29?,32+,33+,34-/m1/s1. The summed E-state index contributed by atoms with van der Waals surface area (Å²) in [7, 11) is 0. The number of aliphatic hydroxyl groups excluding tert-OH is 3. The predicted octanol–water partition coefficient (Wildman–Crippen LogP) is 4.59. The molecule has 0 aromatic carbocycles. The summed E-state index contributed by atoms with van der Waals surface area (Å²) in [6.45, 7) is 7.10. The summed E-state index contributed by atoms with van der Waals surface area (Å²) in [6, 6.07) is 0. The van der Waals surface area contributed by atoms with Crippen molar-refractivity contribution in [1.82, 2.24) is 10.6 Å². The van der Waals surface area contributed by atoms with Gasteiger partial charge in [-0.05, 0) is 122 Å². The zero-order valence-electron chi connectivity index (χ0n) is 26.7. The molecular formula is C34H53N5O5. The quantitative estimate of drug-likeness (QED) is 0.0413. The van der Waals surface area contributed by atoms with E-state index in [-0.39, 0.29) is 72.0 Å². The van der Waals surface area contributed by atoms with Crippen molar-refractivity contribution in [2.24, 2.45) is 51.5 Å². The molecule has 12 atom stereocenters. The van der Waals surface area contributed by atoms with Gasteiger partial charge in [0.05, 0.1) is 18.3 Å². The molecule has 0 aromatic heterocycles. The van der Waals surface area contributed by atoms with Crippen molar-refractivity contribution < 1.29 is 24.9 Å². The number of azide groups is 1. The van der Waals surface area contributed by atoms with Gasteiger partial charge in [0, 0.05) is 24.3 Å². The van der Waals surface area contributed by atoms with Crippen LogP contribution in [0.5, 0.6) is 0 Å². The summed E-state index contributed by atoms with van der Waals surface area (Å²) < 4.78 is 0. The van der Waals surface area contributed by atoms with Gasteiger partial charge in [0.15, 0.2) is 0 Å². The molecule has 0 heterocycles. The molecule has 2 amide bonds. The number of terminal acetylenes is 1. The summed E-state index contributed by atoms with van der Waals surface area (Å²) >= 11 is 0. The number of hydrogen-bond donors (Lipinski definition) is 5. The molecule has 1 unspecified atom stereocenters. The van der Waals surface area contributed by atoms with Gasteiger partial charge in [-0.1, -0.05) is 32.0 Å². The van der Waals surface area contributed by atoms with E-state index >= 15 is 0 Å². The fourth-order valence-corrected chi connectivity index (χ4v) is 9.98. The fraction of sp³-hybridized carbons (Fsp3) is 0.824. The number of aliphatic hydroxyl groups is 3. The van der Waals surface area contributed by atoms with Crippen LogP contribution in [0.4, 0.5) is 0 Å². The molecule has 244 valence electrons. The molecule has 10 heteroatoms. The number of allylic oxidation sites excluding steroid dienone is 1. The third-order valence-electron chi connectivity index (χ3n) is 12.3. The second kappa shape index (κ2) is 14.7. The summed E-state index contributed by atoms with van der Waals surface area (Å²) in [5.74, 6) is 3.63. The molecule has 4 rings (SSSR count). The van der Waals surface area contributed by atoms with Crippen molar-refractivity contribution in [1.29, 1.82) is 0 Å². The fourth-order valence-electron chi connectivity index (χ4n) is 9.98. The zero-order valence-corrected chi connectivity index (χ0v) is 26.7. The maximum absolute atomic E-state index is 12.6. The first kappa shape index (κ1) is 34.3. The molecule has 0 spiro atoms. The molecule has 0 bridgehead atoms. The monoisotopic (exact) mass is 611 g/mol. The van der Waals surface area contributed by atoms with E-state index in [1.807, 2.05) is 6.08 Å². The number of amides is 2. The molecule has 44 heavy (non-hydrogen) atoms. The Bertz CT molecular complexity index is 1150. The Morgan fingerprint density at radius 1 is 1.14 bits per heavy atom. The summed E-state index contributed by atoms with van der Waals surface area (Å²) in [5, 5.41) is 42.5. The van der Waals surface area contributed by atoms with Crippen LogP contribution in [0, 0.1) is 58.7 Å². The molecule has 4 saturated carbocycles. The van der Waals surface area contributed by atoms with Gasteiger partial charge in [-0.15, -0.1) is 12.3 Å². The zero-order chi connectivity index (χ0) is 32.1. The Kier molecular flexibility index (Phi) is 11.4. The van der Waals surface area contributed by atoms with Crippen LogP contribution in [-0.2, 0) is 9.59 Å². The molecule has 0 saturated heterocycles. The molecule has 4 fully saturated rings. The summed E-state index contributed by atoms with van der Waals surface area (Å²) in [4.78, 5) is 27.4. The van der Waals surface area contributed by atoms with Crippen LogP contribution in [0.25, 0.3) is 10.4 Å². The lowest BCUT2D eigenvalue weighted by atomic mass is 9.43. The number of fused-ring (bicyclic) bond motifs is 5. The summed E-state index contributed by atoms with van der Waals surface area (Å²) in [5.41, 5.74) is 8.15. The molecule has 4 aliphatic rings. The number of nitrogens with zero attached hydrogens (tertiary/aromatic N) is 3. The number of carbonyl (C=O) groups excluding carboxylic acids is 2. The number of hydrogen-bond acceptors (Lipinski definition) is 6. The Morgan fingerprint density at radius 2 is 1.91 bits per heavy atom. The SMILES string of the molecule is C#CCC(NC(=O)C=CCC[C@@H](C)[C@H]1CC[C@H]2[C@@H]3[C@H](O)C[C@@H]4C[C@H](O)CC[C@]4(C)[C@H]3C[C@H](O)[C@]12C)NC(=O)CCCN=[N+]=[N-]. The van der Waals surface area contributed by atoms with E-state index in [9.17, 15) is 24.9 Å². The average molecular weight is 612 g/mol. The van der Waals surface area contributed by atoms with Crippen LogP contribution < -0.4 is 10.6 Å². The highest BCUT2D eigenvalue weighted by atomic mass is 16.3. The topological polar surface area (TPSA) is 168 Å². The van der Waals surface area contributed by atoms with Crippen LogP contribution in [0.2, 0.25) is 0 Å². The lowest BCUT2D eigenvalue weighted by Gasteiger charge is -2.63. The molecule has 0 radical (unpaired) electrons. The van der Waals surface area contributed by atoms with E-state index in [0.29, 0.717) is 30.6 Å². The Morgan fingerprint density at radius 3 is 2.64 bits per heavy atom. The normalized spacial score (nSPS) is 39.1. The van der Waals surface area contributed by atoms with Crippen LogP contribution in [0.3, 0.4) is 0 Å². The smallest absolute Gasteiger partial charge is 0.245 e. The highest BCUT2D eigenvalue weighted by molar-refractivity contribution is 5.88. The van der Waals surface area contributed by atoms with E-state index in [1.54, 1.807) is 0 Å². The van der Waals surface area contributed by atoms with E-state index < -0.39 is 12.3 Å². The van der Waals surface area contributed by atoms with E-state index in [2.05, 4.69) is 47.4 Å². The highest BCUT2D eigenvalue weighted by Crippen LogP contribution is 2.68. The maximum atomic E-state index is 12.6. The van der Waals surface area contributed by atoms with Crippen molar-refractivity contribution in [3.05, 3.63) is 22.6 Å². The van der Waals surface area contributed by atoms with Crippen molar-refractivity contribution in [3.8, 4) is 12.3 Å². The number of rotatable bonds is 12. The first-order valence-electron chi connectivity index (χ1n) is 16.7. The van der Waals surface area contributed by atoms with Crippen molar-refractivity contribution in [2.75, 3.05) is 6.54 Å². The second-order valence-corrected chi connectivity index (χ2v) is 14.6. The van der Waals surface area contributed by atoms with Crippen LogP contribution >= 0.6 is 0 Å². The molecule has 5 N–H and O–H groups in total. The van der Waals surface area contributed by atoms with Crippen molar-refractivity contribution in [3.63, 3.8) is 0 Å². The molecule has 10 nitrogen and oxygen atoms in total. The first-order chi connectivity index (χ1) is 20.9.